The number of rotatable bonds is 6. The molecule has 0 aliphatic heterocycles. The van der Waals surface area contributed by atoms with Gasteiger partial charge in [0.25, 0.3) is 5.91 Å². The third-order valence-electron chi connectivity index (χ3n) is 3.61. The summed E-state index contributed by atoms with van der Waals surface area (Å²) in [5, 5.41) is 2.71. The molecular formula is C19H22N2O2. The number of hydrogen-bond donors (Lipinski definition) is 1. The summed E-state index contributed by atoms with van der Waals surface area (Å²) in [7, 11) is 0. The first-order valence-electron chi connectivity index (χ1n) is 7.81. The summed E-state index contributed by atoms with van der Waals surface area (Å²) >= 11 is 0. The minimum absolute atomic E-state index is 0.0179. The molecule has 0 saturated heterocycles. The van der Waals surface area contributed by atoms with Gasteiger partial charge in [0.05, 0.1) is 0 Å². The molecule has 0 unspecified atom stereocenters. The minimum atomic E-state index is -0.147. The SMILES string of the molecule is CCN(CCc1ccccc1)C(=O)c1cccc(NC(C)=O)c1. The Morgan fingerprint density at radius 3 is 2.43 bits per heavy atom. The van der Waals surface area contributed by atoms with Gasteiger partial charge in [-0.15, -0.1) is 0 Å². The molecule has 0 fully saturated rings. The van der Waals surface area contributed by atoms with E-state index in [0.717, 1.165) is 6.42 Å². The van der Waals surface area contributed by atoms with Gasteiger partial charge in [0.2, 0.25) is 5.91 Å². The molecule has 0 saturated carbocycles. The van der Waals surface area contributed by atoms with Crippen LogP contribution in [0.25, 0.3) is 0 Å². The number of benzene rings is 2. The number of anilines is 1. The average molecular weight is 310 g/mol. The van der Waals surface area contributed by atoms with E-state index in [1.54, 1.807) is 24.3 Å². The smallest absolute Gasteiger partial charge is 0.253 e. The first-order valence-corrected chi connectivity index (χ1v) is 7.81. The van der Waals surface area contributed by atoms with Gasteiger partial charge < -0.3 is 10.2 Å². The molecule has 120 valence electrons. The number of amides is 2. The van der Waals surface area contributed by atoms with Crippen LogP contribution in [0.15, 0.2) is 54.6 Å². The van der Waals surface area contributed by atoms with E-state index in [0.29, 0.717) is 24.3 Å². The van der Waals surface area contributed by atoms with Crippen molar-refractivity contribution in [2.75, 3.05) is 18.4 Å². The van der Waals surface area contributed by atoms with Crippen LogP contribution in [-0.2, 0) is 11.2 Å². The van der Waals surface area contributed by atoms with E-state index in [4.69, 9.17) is 0 Å². The minimum Gasteiger partial charge on any atom is -0.339 e. The van der Waals surface area contributed by atoms with Gasteiger partial charge >= 0.3 is 0 Å². The van der Waals surface area contributed by atoms with Crippen LogP contribution < -0.4 is 5.32 Å². The van der Waals surface area contributed by atoms with Crippen LogP contribution in [0, 0.1) is 0 Å². The van der Waals surface area contributed by atoms with Crippen molar-refractivity contribution in [1.29, 1.82) is 0 Å². The van der Waals surface area contributed by atoms with E-state index in [2.05, 4.69) is 17.4 Å². The number of likely N-dealkylation sites (N-methyl/N-ethyl adjacent to an activating group) is 1. The molecule has 2 aromatic rings. The Balaban J connectivity index is 2.05. The fourth-order valence-electron chi connectivity index (χ4n) is 2.43. The summed E-state index contributed by atoms with van der Waals surface area (Å²) in [6.07, 6.45) is 0.825. The second kappa shape index (κ2) is 8.13. The van der Waals surface area contributed by atoms with Crippen molar-refractivity contribution < 1.29 is 9.59 Å². The summed E-state index contributed by atoms with van der Waals surface area (Å²) in [5.41, 5.74) is 2.44. The van der Waals surface area contributed by atoms with Crippen LogP contribution in [0.5, 0.6) is 0 Å². The van der Waals surface area contributed by atoms with Gasteiger partial charge in [0.1, 0.15) is 0 Å². The van der Waals surface area contributed by atoms with E-state index in [1.165, 1.54) is 12.5 Å². The van der Waals surface area contributed by atoms with Crippen molar-refractivity contribution in [2.45, 2.75) is 20.3 Å². The highest BCUT2D eigenvalue weighted by molar-refractivity contribution is 5.96. The predicted octanol–water partition coefficient (Wildman–Crippen LogP) is 3.35. The van der Waals surface area contributed by atoms with Gasteiger partial charge in [0, 0.05) is 31.3 Å². The van der Waals surface area contributed by atoms with Gasteiger partial charge in [0.15, 0.2) is 0 Å². The van der Waals surface area contributed by atoms with Crippen molar-refractivity contribution in [3.05, 3.63) is 65.7 Å². The van der Waals surface area contributed by atoms with Crippen molar-refractivity contribution in [1.82, 2.24) is 4.90 Å². The maximum absolute atomic E-state index is 12.6. The molecule has 2 amide bonds. The fraction of sp³-hybridized carbons (Fsp3) is 0.263. The maximum Gasteiger partial charge on any atom is 0.253 e. The molecule has 23 heavy (non-hydrogen) atoms. The number of carbonyl (C=O) groups is 2. The quantitative estimate of drug-likeness (QED) is 0.889. The van der Waals surface area contributed by atoms with Crippen LogP contribution in [0.3, 0.4) is 0 Å². The highest BCUT2D eigenvalue weighted by Crippen LogP contribution is 2.13. The molecule has 4 heteroatoms. The van der Waals surface area contributed by atoms with Crippen molar-refractivity contribution in [2.24, 2.45) is 0 Å². The first kappa shape index (κ1) is 16.7. The second-order valence-corrected chi connectivity index (χ2v) is 5.38. The summed E-state index contributed by atoms with van der Waals surface area (Å²) in [5.74, 6) is -0.165. The maximum atomic E-state index is 12.6. The molecule has 2 aromatic carbocycles. The Morgan fingerprint density at radius 1 is 1.04 bits per heavy atom. The Hall–Kier alpha value is -2.62. The van der Waals surface area contributed by atoms with Crippen LogP contribution in [0.1, 0.15) is 29.8 Å². The third kappa shape index (κ3) is 4.95. The largest absolute Gasteiger partial charge is 0.339 e. The molecule has 0 spiro atoms. The lowest BCUT2D eigenvalue weighted by molar-refractivity contribution is -0.114. The molecule has 0 aromatic heterocycles. The van der Waals surface area contributed by atoms with Gasteiger partial charge in [-0.3, -0.25) is 9.59 Å². The van der Waals surface area contributed by atoms with Gasteiger partial charge in [-0.25, -0.2) is 0 Å². The molecule has 0 atom stereocenters. The third-order valence-corrected chi connectivity index (χ3v) is 3.61. The zero-order valence-electron chi connectivity index (χ0n) is 13.6. The highest BCUT2D eigenvalue weighted by Gasteiger charge is 2.14. The fourth-order valence-corrected chi connectivity index (χ4v) is 2.43. The molecule has 0 aliphatic rings. The number of nitrogens with zero attached hydrogens (tertiary/aromatic N) is 1. The second-order valence-electron chi connectivity index (χ2n) is 5.38. The molecule has 0 radical (unpaired) electrons. The monoisotopic (exact) mass is 310 g/mol. The van der Waals surface area contributed by atoms with Gasteiger partial charge in [-0.05, 0) is 37.1 Å². The zero-order valence-corrected chi connectivity index (χ0v) is 13.6. The summed E-state index contributed by atoms with van der Waals surface area (Å²) in [6, 6.07) is 17.2. The molecule has 0 heterocycles. The standard InChI is InChI=1S/C19H22N2O2/c1-3-21(13-12-16-8-5-4-6-9-16)19(23)17-10-7-11-18(14-17)20-15(2)22/h4-11,14H,3,12-13H2,1-2H3,(H,20,22). The predicted molar refractivity (Wildman–Crippen MR) is 92.5 cm³/mol. The lowest BCUT2D eigenvalue weighted by Gasteiger charge is -2.21. The molecule has 0 aliphatic carbocycles. The van der Waals surface area contributed by atoms with Crippen LogP contribution in [0.2, 0.25) is 0 Å². The normalized spacial score (nSPS) is 10.2. The lowest BCUT2D eigenvalue weighted by Crippen LogP contribution is -2.32. The molecule has 0 bridgehead atoms. The topological polar surface area (TPSA) is 49.4 Å². The highest BCUT2D eigenvalue weighted by atomic mass is 16.2. The van der Waals surface area contributed by atoms with E-state index in [1.807, 2.05) is 30.0 Å². The average Bonchev–Trinajstić information content (AvgIpc) is 2.56. The van der Waals surface area contributed by atoms with E-state index < -0.39 is 0 Å². The molecule has 4 nitrogen and oxygen atoms in total. The van der Waals surface area contributed by atoms with E-state index >= 15 is 0 Å². The van der Waals surface area contributed by atoms with Crippen molar-refractivity contribution >= 4 is 17.5 Å². The number of carbonyl (C=O) groups excluding carboxylic acids is 2. The molecular weight excluding hydrogens is 288 g/mol. The Morgan fingerprint density at radius 2 is 1.78 bits per heavy atom. The zero-order chi connectivity index (χ0) is 16.7. The summed E-state index contributed by atoms with van der Waals surface area (Å²) < 4.78 is 0. The van der Waals surface area contributed by atoms with E-state index in [9.17, 15) is 9.59 Å². The molecule has 1 N–H and O–H groups in total. The van der Waals surface area contributed by atoms with Crippen LogP contribution in [-0.4, -0.2) is 29.8 Å². The first-order chi connectivity index (χ1) is 11.1. The van der Waals surface area contributed by atoms with Gasteiger partial charge in [-0.1, -0.05) is 36.4 Å². The van der Waals surface area contributed by atoms with Crippen molar-refractivity contribution in [3.63, 3.8) is 0 Å². The summed E-state index contributed by atoms with van der Waals surface area (Å²) in [4.78, 5) is 25.6. The lowest BCUT2D eigenvalue weighted by atomic mass is 10.1. The van der Waals surface area contributed by atoms with Crippen LogP contribution >= 0.6 is 0 Å². The Bertz CT molecular complexity index is 668. The Labute approximate surface area is 137 Å². The Kier molecular flexibility index (Phi) is 5.92. The molecule has 2 rings (SSSR count). The van der Waals surface area contributed by atoms with Crippen LogP contribution in [0.4, 0.5) is 5.69 Å². The number of hydrogen-bond acceptors (Lipinski definition) is 2. The summed E-state index contributed by atoms with van der Waals surface area (Å²) in [6.45, 7) is 4.74. The van der Waals surface area contributed by atoms with Crippen molar-refractivity contribution in [3.8, 4) is 0 Å². The van der Waals surface area contributed by atoms with Gasteiger partial charge in [-0.2, -0.15) is 0 Å². The number of nitrogens with one attached hydrogen (secondary N) is 1. The van der Waals surface area contributed by atoms with E-state index in [-0.39, 0.29) is 11.8 Å².